The van der Waals surface area contributed by atoms with Gasteiger partial charge in [-0.2, -0.15) is 0 Å². The van der Waals surface area contributed by atoms with Gasteiger partial charge in [0.2, 0.25) is 0 Å². The lowest BCUT2D eigenvalue weighted by molar-refractivity contribution is -0.108. The molecule has 0 aliphatic heterocycles. The second-order valence-electron chi connectivity index (χ2n) is 2.12. The lowest BCUT2D eigenvalue weighted by Crippen LogP contribution is -1.91. The van der Waals surface area contributed by atoms with Crippen molar-refractivity contribution in [3.05, 3.63) is 24.3 Å². The highest BCUT2D eigenvalue weighted by molar-refractivity contribution is 5.50. The van der Waals surface area contributed by atoms with E-state index in [1.165, 1.54) is 0 Å². The van der Waals surface area contributed by atoms with E-state index in [2.05, 4.69) is 0 Å². The molecule has 0 radical (unpaired) electrons. The highest BCUT2D eigenvalue weighted by Gasteiger charge is 1.95. The number of aldehydes is 1. The van der Waals surface area contributed by atoms with Crippen molar-refractivity contribution in [2.24, 2.45) is 5.92 Å². The van der Waals surface area contributed by atoms with Crippen molar-refractivity contribution in [3.8, 4) is 0 Å². The average Bonchev–Trinajstić information content (AvgIpc) is 1.90. The van der Waals surface area contributed by atoms with Gasteiger partial charge in [0.15, 0.2) is 0 Å². The highest BCUT2D eigenvalue weighted by Crippen LogP contribution is 2.04. The molecule has 10 heavy (non-hydrogen) atoms. The number of allylic oxidation sites excluding steroid dienone is 4. The van der Waals surface area contributed by atoms with Crippen LogP contribution in [-0.4, -0.2) is 6.29 Å². The predicted octanol–water partition coefficient (Wildman–Crippen LogP) is 2.34. The molecule has 0 aliphatic rings. The average molecular weight is 138 g/mol. The molecule has 0 heterocycles. The first kappa shape index (κ1) is 9.15. The Hall–Kier alpha value is -0.850. The minimum Gasteiger partial charge on any atom is -0.303 e. The number of carbonyl (C=O) groups excluding carboxylic acids is 1. The second kappa shape index (κ2) is 6.27. The molecule has 0 N–H and O–H groups in total. The molecule has 0 saturated carbocycles. The Bertz CT molecular complexity index is 122. The largest absolute Gasteiger partial charge is 0.303 e. The van der Waals surface area contributed by atoms with Gasteiger partial charge in [-0.3, -0.25) is 0 Å². The fraction of sp³-hybridized carbons (Fsp3) is 0.444. The maximum Gasteiger partial charge on any atom is 0.120 e. The summed E-state index contributed by atoms with van der Waals surface area (Å²) in [7, 11) is 0. The Balaban J connectivity index is 3.83. The Kier molecular flexibility index (Phi) is 5.74. The second-order valence-corrected chi connectivity index (χ2v) is 2.12. The van der Waals surface area contributed by atoms with Crippen LogP contribution in [0.2, 0.25) is 0 Å². The van der Waals surface area contributed by atoms with Crippen molar-refractivity contribution in [1.82, 2.24) is 0 Å². The van der Waals surface area contributed by atoms with Gasteiger partial charge >= 0.3 is 0 Å². The third-order valence-corrected chi connectivity index (χ3v) is 1.25. The highest BCUT2D eigenvalue weighted by atomic mass is 16.1. The van der Waals surface area contributed by atoms with Crippen molar-refractivity contribution in [1.29, 1.82) is 0 Å². The maximum atomic E-state index is 10.1. The predicted molar refractivity (Wildman–Crippen MR) is 43.8 cm³/mol. The van der Waals surface area contributed by atoms with Gasteiger partial charge in [-0.15, -0.1) is 0 Å². The molecule has 0 aromatic heterocycles. The zero-order chi connectivity index (χ0) is 7.82. The normalized spacial score (nSPS) is 11.9. The third kappa shape index (κ3) is 4.07. The molecule has 0 aromatic carbocycles. The van der Waals surface area contributed by atoms with E-state index in [0.29, 0.717) is 12.3 Å². The Morgan fingerprint density at radius 3 is 2.00 bits per heavy atom. The molecular weight excluding hydrogens is 124 g/mol. The number of rotatable bonds is 4. The fourth-order valence-electron chi connectivity index (χ4n) is 0.827. The summed E-state index contributed by atoms with van der Waals surface area (Å²) < 4.78 is 0. The molecule has 56 valence electrons. The Morgan fingerprint density at radius 1 is 1.20 bits per heavy atom. The van der Waals surface area contributed by atoms with Crippen molar-refractivity contribution >= 4 is 6.29 Å². The lowest BCUT2D eigenvalue weighted by atomic mass is 10.1. The molecule has 0 fully saturated rings. The van der Waals surface area contributed by atoms with Crippen molar-refractivity contribution in [2.75, 3.05) is 0 Å². The van der Waals surface area contributed by atoms with Crippen LogP contribution in [0, 0.1) is 5.92 Å². The summed E-state index contributed by atoms with van der Waals surface area (Å²) in [6, 6.07) is 0. The van der Waals surface area contributed by atoms with E-state index < -0.39 is 0 Å². The van der Waals surface area contributed by atoms with E-state index in [1.54, 1.807) is 0 Å². The van der Waals surface area contributed by atoms with Gasteiger partial charge in [-0.1, -0.05) is 24.3 Å². The molecule has 0 aromatic rings. The van der Waals surface area contributed by atoms with Crippen LogP contribution in [-0.2, 0) is 4.79 Å². The molecule has 0 amide bonds. The van der Waals surface area contributed by atoms with Gasteiger partial charge in [0.05, 0.1) is 0 Å². The van der Waals surface area contributed by atoms with Crippen LogP contribution >= 0.6 is 0 Å². The van der Waals surface area contributed by atoms with Gasteiger partial charge in [0.1, 0.15) is 6.29 Å². The van der Waals surface area contributed by atoms with Crippen LogP contribution in [0.4, 0.5) is 0 Å². The number of hydrogen-bond acceptors (Lipinski definition) is 1. The van der Waals surface area contributed by atoms with Crippen LogP contribution in [0.15, 0.2) is 24.3 Å². The van der Waals surface area contributed by atoms with Crippen molar-refractivity contribution < 1.29 is 4.79 Å². The SMILES string of the molecule is C/C=C/C(/C=C/C)CC=O. The first-order valence-electron chi connectivity index (χ1n) is 3.54. The smallest absolute Gasteiger partial charge is 0.120 e. The molecular formula is C9H14O. The number of carbonyl (C=O) groups is 1. The van der Waals surface area contributed by atoms with Crippen molar-refractivity contribution in [2.45, 2.75) is 20.3 Å². The summed E-state index contributed by atoms with van der Waals surface area (Å²) in [6.45, 7) is 3.92. The summed E-state index contributed by atoms with van der Waals surface area (Å²) in [4.78, 5) is 10.1. The first-order valence-corrected chi connectivity index (χ1v) is 3.54. The molecule has 0 saturated heterocycles. The monoisotopic (exact) mass is 138 g/mol. The summed E-state index contributed by atoms with van der Waals surface area (Å²) in [6.07, 6.45) is 9.52. The summed E-state index contributed by atoms with van der Waals surface area (Å²) in [5.74, 6) is 0.299. The summed E-state index contributed by atoms with van der Waals surface area (Å²) in [5.41, 5.74) is 0. The topological polar surface area (TPSA) is 17.1 Å². The van der Waals surface area contributed by atoms with Gasteiger partial charge in [-0.05, 0) is 13.8 Å². The Labute approximate surface area is 62.4 Å². The van der Waals surface area contributed by atoms with E-state index in [9.17, 15) is 4.79 Å². The lowest BCUT2D eigenvalue weighted by Gasteiger charge is -1.99. The first-order chi connectivity index (χ1) is 4.85. The van der Waals surface area contributed by atoms with Crippen molar-refractivity contribution in [3.63, 3.8) is 0 Å². The quantitative estimate of drug-likeness (QED) is 0.430. The zero-order valence-electron chi connectivity index (χ0n) is 6.58. The maximum absolute atomic E-state index is 10.1. The molecule has 0 bridgehead atoms. The van der Waals surface area contributed by atoms with Gasteiger partial charge < -0.3 is 4.79 Å². The minimum absolute atomic E-state index is 0.299. The van der Waals surface area contributed by atoms with Gasteiger partial charge in [0.25, 0.3) is 0 Å². The van der Waals surface area contributed by atoms with Crippen LogP contribution < -0.4 is 0 Å². The number of hydrogen-bond donors (Lipinski definition) is 0. The molecule has 0 atom stereocenters. The van der Waals surface area contributed by atoms with Crippen LogP contribution in [0.25, 0.3) is 0 Å². The van der Waals surface area contributed by atoms with E-state index in [1.807, 2.05) is 38.2 Å². The minimum atomic E-state index is 0.299. The summed E-state index contributed by atoms with van der Waals surface area (Å²) in [5, 5.41) is 0. The molecule has 0 unspecified atom stereocenters. The fourth-order valence-corrected chi connectivity index (χ4v) is 0.827. The standard InChI is InChI=1S/C9H14O/c1-3-5-9(6-4-2)7-8-10/h3-6,8-9H,7H2,1-2H3/b5-3+,6-4+. The molecule has 0 aliphatic carbocycles. The van der Waals surface area contributed by atoms with Crippen LogP contribution in [0.5, 0.6) is 0 Å². The molecule has 1 nitrogen and oxygen atoms in total. The molecule has 0 rings (SSSR count). The van der Waals surface area contributed by atoms with E-state index in [-0.39, 0.29) is 0 Å². The van der Waals surface area contributed by atoms with Gasteiger partial charge in [0, 0.05) is 12.3 Å². The zero-order valence-corrected chi connectivity index (χ0v) is 6.58. The third-order valence-electron chi connectivity index (χ3n) is 1.25. The summed E-state index contributed by atoms with van der Waals surface area (Å²) >= 11 is 0. The van der Waals surface area contributed by atoms with E-state index in [0.717, 1.165) is 6.29 Å². The van der Waals surface area contributed by atoms with E-state index in [4.69, 9.17) is 0 Å². The Morgan fingerprint density at radius 2 is 1.70 bits per heavy atom. The molecule has 0 spiro atoms. The van der Waals surface area contributed by atoms with Crippen LogP contribution in [0.1, 0.15) is 20.3 Å². The van der Waals surface area contributed by atoms with Crippen LogP contribution in [0.3, 0.4) is 0 Å². The van der Waals surface area contributed by atoms with E-state index >= 15 is 0 Å². The van der Waals surface area contributed by atoms with Gasteiger partial charge in [-0.25, -0.2) is 0 Å². The molecule has 1 heteroatoms.